The summed E-state index contributed by atoms with van der Waals surface area (Å²) in [6.07, 6.45) is 1.53. The summed E-state index contributed by atoms with van der Waals surface area (Å²) in [6.45, 7) is 11.4. The van der Waals surface area contributed by atoms with Crippen molar-refractivity contribution < 1.29 is 0 Å². The lowest BCUT2D eigenvalue weighted by atomic mass is 10.3. The molecule has 11 heavy (non-hydrogen) atoms. The molecule has 0 N–H and O–H groups in total. The Bertz CT molecular complexity index is 110. The summed E-state index contributed by atoms with van der Waals surface area (Å²) >= 11 is 0. The lowest BCUT2D eigenvalue weighted by Gasteiger charge is -2.21. The molecule has 1 nitrogen and oxygen atoms in total. The van der Waals surface area contributed by atoms with Gasteiger partial charge in [-0.1, -0.05) is 13.8 Å². The molecule has 2 unspecified atom stereocenters. The third-order valence-corrected chi connectivity index (χ3v) is 2.74. The van der Waals surface area contributed by atoms with Gasteiger partial charge >= 0.3 is 0 Å². The van der Waals surface area contributed by atoms with E-state index < -0.39 is 0 Å². The van der Waals surface area contributed by atoms with Crippen molar-refractivity contribution in [3.8, 4) is 0 Å². The van der Waals surface area contributed by atoms with Crippen molar-refractivity contribution in [3.05, 3.63) is 0 Å². The molecule has 2 rings (SSSR count). The molecule has 1 saturated heterocycles. The first kappa shape index (κ1) is 9.05. The van der Waals surface area contributed by atoms with Gasteiger partial charge < -0.3 is 4.90 Å². The zero-order valence-corrected chi connectivity index (χ0v) is 8.30. The minimum absolute atomic E-state index is 0.790. The zero-order valence-electron chi connectivity index (χ0n) is 8.30. The monoisotopic (exact) mass is 155 g/mol. The highest BCUT2D eigenvalue weighted by molar-refractivity contribution is 4.97. The van der Waals surface area contributed by atoms with Crippen LogP contribution in [0.5, 0.6) is 0 Å². The van der Waals surface area contributed by atoms with E-state index in [0.717, 1.165) is 17.9 Å². The summed E-state index contributed by atoms with van der Waals surface area (Å²) in [6, 6.07) is 0.790. The second-order valence-electron chi connectivity index (χ2n) is 3.80. The highest BCUT2D eigenvalue weighted by atomic mass is 15.2. The average Bonchev–Trinajstić information content (AvgIpc) is 2.63. The maximum atomic E-state index is 2.60. The van der Waals surface area contributed by atoms with Gasteiger partial charge in [0.25, 0.3) is 0 Å². The first-order valence-corrected chi connectivity index (χ1v) is 5.01. The van der Waals surface area contributed by atoms with Gasteiger partial charge in [0.2, 0.25) is 0 Å². The fourth-order valence-electron chi connectivity index (χ4n) is 1.86. The zero-order chi connectivity index (χ0) is 8.43. The molecule has 2 fully saturated rings. The molecule has 0 aromatic heterocycles. The Hall–Kier alpha value is -0.0400. The summed E-state index contributed by atoms with van der Waals surface area (Å²) in [7, 11) is 0. The number of piperidine rings is 1. The van der Waals surface area contributed by atoms with Gasteiger partial charge in [0.1, 0.15) is 0 Å². The Morgan fingerprint density at radius 2 is 1.55 bits per heavy atom. The summed E-state index contributed by atoms with van der Waals surface area (Å²) < 4.78 is 0. The highest BCUT2D eigenvalue weighted by Gasteiger charge is 2.45. The minimum Gasteiger partial charge on any atom is -0.300 e. The number of nitrogens with zero attached hydrogens (tertiary/aromatic N) is 1. The van der Waals surface area contributed by atoms with Gasteiger partial charge in [0.05, 0.1) is 0 Å². The second kappa shape index (κ2) is 3.57. The van der Waals surface area contributed by atoms with Crippen LogP contribution >= 0.6 is 0 Å². The van der Waals surface area contributed by atoms with Crippen LogP contribution in [0, 0.1) is 11.8 Å². The molecule has 2 aliphatic rings. The fraction of sp³-hybridized carbons (Fsp3) is 1.00. The summed E-state index contributed by atoms with van der Waals surface area (Å²) in [4.78, 5) is 2.60. The van der Waals surface area contributed by atoms with Crippen LogP contribution in [0.4, 0.5) is 0 Å². The molecule has 1 heteroatoms. The van der Waals surface area contributed by atoms with Crippen LogP contribution in [0.1, 0.15) is 34.1 Å². The Morgan fingerprint density at radius 3 is 1.82 bits per heavy atom. The Balaban J connectivity index is 0.000000281. The van der Waals surface area contributed by atoms with Crippen LogP contribution in [0.3, 0.4) is 0 Å². The van der Waals surface area contributed by atoms with Crippen LogP contribution in [-0.4, -0.2) is 24.0 Å². The predicted octanol–water partition coefficient (Wildman–Crippen LogP) is 2.37. The van der Waals surface area contributed by atoms with Crippen molar-refractivity contribution in [1.82, 2.24) is 4.90 Å². The largest absolute Gasteiger partial charge is 0.300 e. The van der Waals surface area contributed by atoms with Crippen molar-refractivity contribution in [2.45, 2.75) is 40.2 Å². The Kier molecular flexibility index (Phi) is 2.94. The van der Waals surface area contributed by atoms with E-state index in [4.69, 9.17) is 0 Å². The quantitative estimate of drug-likeness (QED) is 0.562. The molecule has 0 bridgehead atoms. The van der Waals surface area contributed by atoms with Crippen molar-refractivity contribution in [3.63, 3.8) is 0 Å². The minimum atomic E-state index is 0.790. The molecule has 0 amide bonds. The topological polar surface area (TPSA) is 3.24 Å². The molecular formula is C10H21N. The van der Waals surface area contributed by atoms with Crippen LogP contribution < -0.4 is 0 Å². The molecule has 0 aromatic carbocycles. The molecule has 66 valence electrons. The van der Waals surface area contributed by atoms with Crippen molar-refractivity contribution in [2.24, 2.45) is 11.8 Å². The van der Waals surface area contributed by atoms with Gasteiger partial charge in [-0.3, -0.25) is 0 Å². The summed E-state index contributed by atoms with van der Waals surface area (Å²) in [5.74, 6) is 2.21. The third kappa shape index (κ3) is 1.96. The van der Waals surface area contributed by atoms with Gasteiger partial charge in [-0.15, -0.1) is 0 Å². The maximum Gasteiger partial charge on any atom is 0.00388 e. The number of fused-ring (bicyclic) bond motifs is 1. The van der Waals surface area contributed by atoms with Crippen LogP contribution in [0.15, 0.2) is 0 Å². The predicted molar refractivity (Wildman–Crippen MR) is 49.7 cm³/mol. The van der Waals surface area contributed by atoms with E-state index in [1.807, 2.05) is 13.8 Å². The molecule has 1 aliphatic heterocycles. The molecule has 2 atom stereocenters. The van der Waals surface area contributed by atoms with Crippen molar-refractivity contribution in [2.75, 3.05) is 13.1 Å². The van der Waals surface area contributed by atoms with Gasteiger partial charge in [0.15, 0.2) is 0 Å². The first-order chi connectivity index (χ1) is 5.27. The average molecular weight is 155 g/mol. The number of hydrogen-bond donors (Lipinski definition) is 0. The first-order valence-electron chi connectivity index (χ1n) is 5.01. The SMILES string of the molecule is CC.CC(C)N1CC2CC2C1. The molecule has 0 spiro atoms. The van der Waals surface area contributed by atoms with Crippen LogP contribution in [0.25, 0.3) is 0 Å². The summed E-state index contributed by atoms with van der Waals surface area (Å²) in [5, 5.41) is 0. The van der Waals surface area contributed by atoms with Gasteiger partial charge in [-0.05, 0) is 32.1 Å². The van der Waals surface area contributed by atoms with E-state index >= 15 is 0 Å². The van der Waals surface area contributed by atoms with Crippen LogP contribution in [-0.2, 0) is 0 Å². The molecule has 1 aliphatic carbocycles. The van der Waals surface area contributed by atoms with E-state index in [2.05, 4.69) is 18.7 Å². The lowest BCUT2D eigenvalue weighted by Crippen LogP contribution is -2.29. The van der Waals surface area contributed by atoms with Gasteiger partial charge in [-0.2, -0.15) is 0 Å². The molecule has 1 heterocycles. The smallest absolute Gasteiger partial charge is 0.00388 e. The van der Waals surface area contributed by atoms with Gasteiger partial charge in [0, 0.05) is 19.1 Å². The normalized spacial score (nSPS) is 34.6. The number of likely N-dealkylation sites (tertiary alicyclic amines) is 1. The summed E-state index contributed by atoms with van der Waals surface area (Å²) in [5.41, 5.74) is 0. The molecule has 1 saturated carbocycles. The molecular weight excluding hydrogens is 134 g/mol. The van der Waals surface area contributed by atoms with Crippen molar-refractivity contribution >= 4 is 0 Å². The van der Waals surface area contributed by atoms with Crippen molar-refractivity contribution in [1.29, 1.82) is 0 Å². The lowest BCUT2D eigenvalue weighted by molar-refractivity contribution is 0.248. The van der Waals surface area contributed by atoms with Crippen LogP contribution in [0.2, 0.25) is 0 Å². The fourth-order valence-corrected chi connectivity index (χ4v) is 1.86. The van der Waals surface area contributed by atoms with E-state index in [-0.39, 0.29) is 0 Å². The van der Waals surface area contributed by atoms with E-state index in [1.165, 1.54) is 19.5 Å². The third-order valence-electron chi connectivity index (χ3n) is 2.74. The Morgan fingerprint density at radius 1 is 1.09 bits per heavy atom. The molecule has 0 radical (unpaired) electrons. The van der Waals surface area contributed by atoms with E-state index in [1.54, 1.807) is 0 Å². The second-order valence-corrected chi connectivity index (χ2v) is 3.80. The number of rotatable bonds is 1. The number of hydrogen-bond acceptors (Lipinski definition) is 1. The maximum absolute atomic E-state index is 2.60. The highest BCUT2D eigenvalue weighted by Crippen LogP contribution is 2.45. The molecule has 0 aromatic rings. The van der Waals surface area contributed by atoms with Gasteiger partial charge in [-0.25, -0.2) is 0 Å². The Labute approximate surface area is 70.8 Å². The van der Waals surface area contributed by atoms with E-state index in [0.29, 0.717) is 0 Å². The van der Waals surface area contributed by atoms with E-state index in [9.17, 15) is 0 Å². The standard InChI is InChI=1S/C8H15N.C2H6/c1-6(2)9-4-7-3-8(7)5-9;1-2/h6-8H,3-5H2,1-2H3;1-2H3.